The Labute approximate surface area is 145 Å². The molecule has 25 heavy (non-hydrogen) atoms. The Bertz CT molecular complexity index is 497. The Kier molecular flexibility index (Phi) is 5.86. The Hall–Kier alpha value is -1.51. The third kappa shape index (κ3) is 5.76. The zero-order chi connectivity index (χ0) is 18.8. The highest BCUT2D eigenvalue weighted by Gasteiger charge is 2.40. The van der Waals surface area contributed by atoms with Crippen LogP contribution in [0.2, 0.25) is 0 Å². The van der Waals surface area contributed by atoms with E-state index < -0.39 is 30.5 Å². The second-order valence-electron chi connectivity index (χ2n) is 7.55. The van der Waals surface area contributed by atoms with Crippen LogP contribution in [0, 0.1) is 0 Å². The fourth-order valence-corrected chi connectivity index (χ4v) is 3.15. The fraction of sp³-hybridized carbons (Fsp3) is 0.875. The van der Waals surface area contributed by atoms with Crippen molar-refractivity contribution in [3.8, 4) is 0 Å². The van der Waals surface area contributed by atoms with E-state index in [1.165, 1.54) is 9.80 Å². The van der Waals surface area contributed by atoms with Crippen LogP contribution in [0.3, 0.4) is 0 Å². The lowest BCUT2D eigenvalue weighted by atomic mass is 10.1. The predicted octanol–water partition coefficient (Wildman–Crippen LogP) is 2.09. The van der Waals surface area contributed by atoms with Crippen LogP contribution in [-0.2, 0) is 9.53 Å². The molecule has 2 aliphatic heterocycles. The number of piperazine rings is 1. The van der Waals surface area contributed by atoms with Crippen molar-refractivity contribution < 1.29 is 27.5 Å². The van der Waals surface area contributed by atoms with E-state index in [-0.39, 0.29) is 32.1 Å². The maximum Gasteiger partial charge on any atom is 0.410 e. The van der Waals surface area contributed by atoms with E-state index in [4.69, 9.17) is 4.74 Å². The average molecular weight is 365 g/mol. The molecule has 0 radical (unpaired) electrons. The maximum atomic E-state index is 12.7. The van der Waals surface area contributed by atoms with E-state index in [2.05, 4.69) is 0 Å². The summed E-state index contributed by atoms with van der Waals surface area (Å²) in [5.74, 6) is -0.199. The van der Waals surface area contributed by atoms with Crippen LogP contribution in [0.5, 0.6) is 0 Å². The van der Waals surface area contributed by atoms with E-state index in [9.17, 15) is 22.8 Å². The first-order valence-corrected chi connectivity index (χ1v) is 8.54. The number of hydrogen-bond acceptors (Lipinski definition) is 4. The van der Waals surface area contributed by atoms with Gasteiger partial charge in [0, 0.05) is 32.7 Å². The van der Waals surface area contributed by atoms with Gasteiger partial charge < -0.3 is 9.64 Å². The van der Waals surface area contributed by atoms with Crippen molar-refractivity contribution in [3.63, 3.8) is 0 Å². The summed E-state index contributed by atoms with van der Waals surface area (Å²) in [6, 6.07) is -0.580. The van der Waals surface area contributed by atoms with Crippen LogP contribution < -0.4 is 0 Å². The summed E-state index contributed by atoms with van der Waals surface area (Å²) in [6.45, 7) is 5.64. The number of likely N-dealkylation sites (tertiary alicyclic amines) is 1. The van der Waals surface area contributed by atoms with Gasteiger partial charge in [0.2, 0.25) is 5.91 Å². The first-order chi connectivity index (χ1) is 11.5. The molecule has 0 aromatic carbocycles. The molecule has 0 N–H and O–H groups in total. The molecule has 0 unspecified atom stereocenters. The summed E-state index contributed by atoms with van der Waals surface area (Å²) in [5, 5.41) is 0. The van der Waals surface area contributed by atoms with Gasteiger partial charge >= 0.3 is 12.3 Å². The zero-order valence-corrected chi connectivity index (χ0v) is 14.9. The molecule has 6 nitrogen and oxygen atoms in total. The summed E-state index contributed by atoms with van der Waals surface area (Å²) >= 11 is 0. The summed E-state index contributed by atoms with van der Waals surface area (Å²) in [6.07, 6.45) is -3.48. The Morgan fingerprint density at radius 1 is 1.04 bits per heavy atom. The molecule has 2 rings (SSSR count). The Balaban J connectivity index is 1.91. The molecular weight excluding hydrogens is 339 g/mol. The molecule has 0 aliphatic carbocycles. The molecule has 144 valence electrons. The number of hydrogen-bond donors (Lipinski definition) is 0. The molecule has 1 atom stereocenters. The summed E-state index contributed by atoms with van der Waals surface area (Å²) in [7, 11) is 0. The normalized spacial score (nSPS) is 23.0. The molecular formula is C16H26F3N3O3. The van der Waals surface area contributed by atoms with Gasteiger partial charge in [-0.1, -0.05) is 0 Å². The minimum atomic E-state index is -4.23. The lowest BCUT2D eigenvalue weighted by Gasteiger charge is -2.37. The highest BCUT2D eigenvalue weighted by molar-refractivity contribution is 5.86. The Morgan fingerprint density at radius 3 is 2.16 bits per heavy atom. The van der Waals surface area contributed by atoms with E-state index in [0.29, 0.717) is 19.4 Å². The van der Waals surface area contributed by atoms with Crippen molar-refractivity contribution in [2.75, 3.05) is 39.3 Å². The van der Waals surface area contributed by atoms with Gasteiger partial charge in [0.1, 0.15) is 11.6 Å². The molecule has 0 aromatic rings. The third-order valence-corrected chi connectivity index (χ3v) is 4.25. The van der Waals surface area contributed by atoms with Crippen LogP contribution in [0.1, 0.15) is 33.6 Å². The predicted molar refractivity (Wildman–Crippen MR) is 85.0 cm³/mol. The SMILES string of the molecule is CC(C)(C)OC(=O)N1CCC[C@H]1C(=O)N1CCN(CC(F)(F)F)CC1. The number of carbonyl (C=O) groups is 2. The second-order valence-corrected chi connectivity index (χ2v) is 7.55. The van der Waals surface area contributed by atoms with Gasteiger partial charge in [-0.3, -0.25) is 14.6 Å². The molecule has 0 aromatic heterocycles. The third-order valence-electron chi connectivity index (χ3n) is 4.25. The van der Waals surface area contributed by atoms with Crippen LogP contribution in [-0.4, -0.2) is 83.8 Å². The molecule has 0 spiro atoms. The van der Waals surface area contributed by atoms with Gasteiger partial charge in [0.05, 0.1) is 6.54 Å². The van der Waals surface area contributed by atoms with Crippen LogP contribution in [0.15, 0.2) is 0 Å². The van der Waals surface area contributed by atoms with Crippen molar-refractivity contribution in [2.24, 2.45) is 0 Å². The number of rotatable bonds is 2. The first kappa shape index (κ1) is 19.8. The average Bonchev–Trinajstić information content (AvgIpc) is 2.93. The molecule has 9 heteroatoms. The Morgan fingerprint density at radius 2 is 1.64 bits per heavy atom. The lowest BCUT2D eigenvalue weighted by molar-refractivity contribution is -0.152. The number of halogens is 3. The standard InChI is InChI=1S/C16H26F3N3O3/c1-15(2,3)25-14(24)22-6-4-5-12(22)13(23)21-9-7-20(8-10-21)11-16(17,18)19/h12H,4-11H2,1-3H3/t12-/m0/s1. The highest BCUT2D eigenvalue weighted by Crippen LogP contribution is 2.23. The zero-order valence-electron chi connectivity index (χ0n) is 14.9. The quantitative estimate of drug-likeness (QED) is 0.752. The molecule has 2 aliphatic rings. The molecule has 2 saturated heterocycles. The minimum Gasteiger partial charge on any atom is -0.444 e. The van der Waals surface area contributed by atoms with Crippen molar-refractivity contribution in [1.82, 2.24) is 14.7 Å². The number of nitrogens with zero attached hydrogens (tertiary/aromatic N) is 3. The van der Waals surface area contributed by atoms with E-state index in [0.717, 1.165) is 0 Å². The van der Waals surface area contributed by atoms with E-state index in [1.807, 2.05) is 0 Å². The maximum absolute atomic E-state index is 12.7. The second kappa shape index (κ2) is 7.39. The minimum absolute atomic E-state index is 0.185. The molecule has 2 amide bonds. The topological polar surface area (TPSA) is 53.1 Å². The largest absolute Gasteiger partial charge is 0.444 e. The van der Waals surface area contributed by atoms with Gasteiger partial charge in [0.15, 0.2) is 0 Å². The van der Waals surface area contributed by atoms with Crippen molar-refractivity contribution in [3.05, 3.63) is 0 Å². The van der Waals surface area contributed by atoms with Crippen LogP contribution in [0.25, 0.3) is 0 Å². The smallest absolute Gasteiger partial charge is 0.410 e. The van der Waals surface area contributed by atoms with Gasteiger partial charge in [-0.05, 0) is 33.6 Å². The summed E-state index contributed by atoms with van der Waals surface area (Å²) in [5.41, 5.74) is -0.642. The van der Waals surface area contributed by atoms with Crippen LogP contribution in [0.4, 0.5) is 18.0 Å². The highest BCUT2D eigenvalue weighted by atomic mass is 19.4. The van der Waals surface area contributed by atoms with Crippen molar-refractivity contribution >= 4 is 12.0 Å². The number of amides is 2. The van der Waals surface area contributed by atoms with Crippen molar-refractivity contribution in [1.29, 1.82) is 0 Å². The van der Waals surface area contributed by atoms with Crippen molar-refractivity contribution in [2.45, 2.75) is 51.4 Å². The van der Waals surface area contributed by atoms with Crippen LogP contribution >= 0.6 is 0 Å². The summed E-state index contributed by atoms with van der Waals surface area (Å²) in [4.78, 5) is 29.3. The van der Waals surface area contributed by atoms with E-state index >= 15 is 0 Å². The van der Waals surface area contributed by atoms with E-state index in [1.54, 1.807) is 25.7 Å². The molecule has 0 saturated carbocycles. The first-order valence-electron chi connectivity index (χ1n) is 8.54. The number of carbonyl (C=O) groups excluding carboxylic acids is 2. The van der Waals surface area contributed by atoms with Gasteiger partial charge in [-0.2, -0.15) is 13.2 Å². The summed E-state index contributed by atoms with van der Waals surface area (Å²) < 4.78 is 42.7. The lowest BCUT2D eigenvalue weighted by Crippen LogP contribution is -2.55. The van der Waals surface area contributed by atoms with Gasteiger partial charge in [-0.25, -0.2) is 4.79 Å². The fourth-order valence-electron chi connectivity index (χ4n) is 3.15. The molecule has 0 bridgehead atoms. The molecule has 2 fully saturated rings. The monoisotopic (exact) mass is 365 g/mol. The van der Waals surface area contributed by atoms with Gasteiger partial charge in [-0.15, -0.1) is 0 Å². The molecule has 2 heterocycles. The number of ether oxygens (including phenoxy) is 1. The van der Waals surface area contributed by atoms with Gasteiger partial charge in [0.25, 0.3) is 0 Å². The number of alkyl halides is 3.